The molecule has 6 heteroatoms. The number of nitrogens with one attached hydrogen (secondary N) is 1. The number of anilines is 1. The molecule has 1 N–H and O–H groups in total. The molecular formula is C18H29N5O. The third kappa shape index (κ3) is 3.04. The summed E-state index contributed by atoms with van der Waals surface area (Å²) in [4.78, 5) is 17.0. The topological polar surface area (TPSA) is 53.4 Å². The van der Waals surface area contributed by atoms with Crippen molar-refractivity contribution in [1.82, 2.24) is 19.6 Å². The fraction of sp³-hybridized carbons (Fsp3) is 0.778. The highest BCUT2D eigenvalue weighted by molar-refractivity contribution is 5.89. The number of aromatic nitrogens is 2. The van der Waals surface area contributed by atoms with Crippen molar-refractivity contribution in [3.63, 3.8) is 0 Å². The summed E-state index contributed by atoms with van der Waals surface area (Å²) < 4.78 is 1.86. The zero-order valence-electron chi connectivity index (χ0n) is 14.8. The van der Waals surface area contributed by atoms with Crippen LogP contribution in [0.15, 0.2) is 12.4 Å². The van der Waals surface area contributed by atoms with Gasteiger partial charge in [0.1, 0.15) is 0 Å². The van der Waals surface area contributed by atoms with E-state index in [1.165, 1.54) is 25.7 Å². The molecule has 3 fully saturated rings. The van der Waals surface area contributed by atoms with Crippen LogP contribution in [0.2, 0.25) is 0 Å². The average molecular weight is 331 g/mol. The summed E-state index contributed by atoms with van der Waals surface area (Å²) in [5.41, 5.74) is 0.782. The molecule has 2 heterocycles. The number of piperazine rings is 1. The normalized spacial score (nSPS) is 30.3. The lowest BCUT2D eigenvalue weighted by Crippen LogP contribution is -2.53. The van der Waals surface area contributed by atoms with E-state index in [1.54, 1.807) is 6.20 Å². The summed E-state index contributed by atoms with van der Waals surface area (Å²) in [7, 11) is 0. The molecule has 0 spiro atoms. The van der Waals surface area contributed by atoms with E-state index in [9.17, 15) is 4.79 Å². The Hall–Kier alpha value is -1.56. The van der Waals surface area contributed by atoms with Gasteiger partial charge in [0, 0.05) is 44.5 Å². The summed E-state index contributed by atoms with van der Waals surface area (Å²) in [6.07, 6.45) is 9.34. The van der Waals surface area contributed by atoms with Crippen molar-refractivity contribution in [1.29, 1.82) is 0 Å². The quantitative estimate of drug-likeness (QED) is 0.926. The molecule has 4 rings (SSSR count). The van der Waals surface area contributed by atoms with Gasteiger partial charge in [-0.15, -0.1) is 0 Å². The van der Waals surface area contributed by atoms with Crippen molar-refractivity contribution in [2.45, 2.75) is 51.6 Å². The number of fused-ring (bicyclic) bond motifs is 2. The molecule has 1 aliphatic heterocycles. The molecule has 3 aliphatic rings. The van der Waals surface area contributed by atoms with Crippen LogP contribution in [0.1, 0.15) is 45.6 Å². The Bertz CT molecular complexity index is 590. The second-order valence-corrected chi connectivity index (χ2v) is 8.00. The lowest BCUT2D eigenvalue weighted by atomic mass is 9.93. The predicted octanol–water partition coefficient (Wildman–Crippen LogP) is 2.80. The van der Waals surface area contributed by atoms with Gasteiger partial charge in [0.2, 0.25) is 0 Å². The molecule has 1 aromatic heterocycles. The Labute approximate surface area is 144 Å². The van der Waals surface area contributed by atoms with Crippen molar-refractivity contribution < 1.29 is 4.79 Å². The molecule has 3 atom stereocenters. The van der Waals surface area contributed by atoms with E-state index < -0.39 is 0 Å². The van der Waals surface area contributed by atoms with Gasteiger partial charge in [-0.3, -0.25) is 9.58 Å². The van der Waals surface area contributed by atoms with Crippen LogP contribution in [0.5, 0.6) is 0 Å². The Kier molecular flexibility index (Phi) is 4.24. The highest BCUT2D eigenvalue weighted by atomic mass is 16.2. The van der Waals surface area contributed by atoms with Crippen molar-refractivity contribution in [3.8, 4) is 0 Å². The van der Waals surface area contributed by atoms with Crippen LogP contribution in [-0.2, 0) is 0 Å². The first-order valence-corrected chi connectivity index (χ1v) is 9.44. The van der Waals surface area contributed by atoms with Crippen molar-refractivity contribution in [2.24, 2.45) is 11.8 Å². The van der Waals surface area contributed by atoms with Crippen LogP contribution < -0.4 is 5.32 Å². The van der Waals surface area contributed by atoms with Gasteiger partial charge >= 0.3 is 6.03 Å². The van der Waals surface area contributed by atoms with Crippen molar-refractivity contribution in [2.75, 3.05) is 31.5 Å². The van der Waals surface area contributed by atoms with Gasteiger partial charge < -0.3 is 10.2 Å². The molecule has 1 saturated heterocycles. The maximum atomic E-state index is 12.5. The fourth-order valence-electron chi connectivity index (χ4n) is 4.80. The molecule has 24 heavy (non-hydrogen) atoms. The second kappa shape index (κ2) is 6.39. The number of amides is 2. The SMILES string of the molecule is CC(C)n1cc(NC(=O)N2CCN(C3CC4CCC3C4)CC2)cn1. The van der Waals surface area contributed by atoms with Gasteiger partial charge in [0.05, 0.1) is 11.9 Å². The lowest BCUT2D eigenvalue weighted by Gasteiger charge is -2.40. The zero-order chi connectivity index (χ0) is 16.7. The van der Waals surface area contributed by atoms with Gasteiger partial charge in [0.25, 0.3) is 0 Å². The molecule has 132 valence electrons. The third-order valence-electron chi connectivity index (χ3n) is 6.15. The minimum atomic E-state index is 0.00546. The summed E-state index contributed by atoms with van der Waals surface area (Å²) in [5.74, 6) is 1.91. The number of carbonyl (C=O) groups excluding carboxylic acids is 1. The molecule has 2 amide bonds. The number of hydrogen-bond acceptors (Lipinski definition) is 3. The summed E-state index contributed by atoms with van der Waals surface area (Å²) in [6.45, 7) is 7.86. The van der Waals surface area contributed by atoms with Crippen LogP contribution >= 0.6 is 0 Å². The van der Waals surface area contributed by atoms with Crippen LogP contribution in [-0.4, -0.2) is 57.8 Å². The number of nitrogens with zero attached hydrogens (tertiary/aromatic N) is 4. The standard InChI is InChI=1S/C18H29N5O/c1-13(2)23-12-16(11-19-23)20-18(24)22-7-5-21(6-8-22)17-10-14-3-4-15(17)9-14/h11-15,17H,3-10H2,1-2H3,(H,20,24). The van der Waals surface area contributed by atoms with E-state index >= 15 is 0 Å². The number of hydrogen-bond donors (Lipinski definition) is 1. The summed E-state index contributed by atoms with van der Waals surface area (Å²) in [6, 6.07) is 1.10. The minimum absolute atomic E-state index is 0.00546. The Morgan fingerprint density at radius 1 is 1.21 bits per heavy atom. The maximum absolute atomic E-state index is 12.5. The van der Waals surface area contributed by atoms with E-state index in [0.717, 1.165) is 49.7 Å². The first-order valence-electron chi connectivity index (χ1n) is 9.44. The van der Waals surface area contributed by atoms with E-state index in [1.807, 2.05) is 15.8 Å². The van der Waals surface area contributed by atoms with Crippen LogP contribution in [0, 0.1) is 11.8 Å². The Morgan fingerprint density at radius 3 is 2.58 bits per heavy atom. The molecule has 2 bridgehead atoms. The number of rotatable bonds is 3. The summed E-state index contributed by atoms with van der Waals surface area (Å²) in [5, 5.41) is 7.26. The first-order chi connectivity index (χ1) is 11.6. The number of carbonyl (C=O) groups is 1. The first kappa shape index (κ1) is 15.9. The van der Waals surface area contributed by atoms with Crippen LogP contribution in [0.3, 0.4) is 0 Å². The maximum Gasteiger partial charge on any atom is 0.322 e. The Balaban J connectivity index is 1.28. The Morgan fingerprint density at radius 2 is 2.00 bits per heavy atom. The molecule has 0 aromatic carbocycles. The molecule has 2 aliphatic carbocycles. The molecule has 2 saturated carbocycles. The van der Waals surface area contributed by atoms with Crippen LogP contribution in [0.4, 0.5) is 10.5 Å². The minimum Gasteiger partial charge on any atom is -0.322 e. The lowest BCUT2D eigenvalue weighted by molar-refractivity contribution is 0.0860. The molecular weight excluding hydrogens is 302 g/mol. The largest absolute Gasteiger partial charge is 0.322 e. The molecule has 3 unspecified atom stereocenters. The zero-order valence-corrected chi connectivity index (χ0v) is 14.8. The van der Waals surface area contributed by atoms with Gasteiger partial charge in [0.15, 0.2) is 0 Å². The highest BCUT2D eigenvalue weighted by Crippen LogP contribution is 2.46. The van der Waals surface area contributed by atoms with Gasteiger partial charge in [-0.2, -0.15) is 5.10 Å². The highest BCUT2D eigenvalue weighted by Gasteiger charge is 2.42. The van der Waals surface area contributed by atoms with Gasteiger partial charge in [-0.05, 0) is 44.9 Å². The molecule has 6 nitrogen and oxygen atoms in total. The fourth-order valence-corrected chi connectivity index (χ4v) is 4.80. The average Bonchev–Trinajstić information content (AvgIpc) is 3.31. The monoisotopic (exact) mass is 331 g/mol. The van der Waals surface area contributed by atoms with Crippen molar-refractivity contribution >= 4 is 11.7 Å². The smallest absolute Gasteiger partial charge is 0.322 e. The second-order valence-electron chi connectivity index (χ2n) is 8.00. The van der Waals surface area contributed by atoms with Gasteiger partial charge in [-0.1, -0.05) is 6.42 Å². The van der Waals surface area contributed by atoms with E-state index in [0.29, 0.717) is 6.04 Å². The third-order valence-corrected chi connectivity index (χ3v) is 6.15. The van der Waals surface area contributed by atoms with Crippen LogP contribution in [0.25, 0.3) is 0 Å². The predicted molar refractivity (Wildman–Crippen MR) is 94.0 cm³/mol. The van der Waals surface area contributed by atoms with E-state index in [-0.39, 0.29) is 6.03 Å². The number of urea groups is 1. The molecule has 1 aromatic rings. The molecule has 0 radical (unpaired) electrons. The van der Waals surface area contributed by atoms with Gasteiger partial charge in [-0.25, -0.2) is 4.79 Å². The van der Waals surface area contributed by atoms with Crippen molar-refractivity contribution in [3.05, 3.63) is 12.4 Å². The summed E-state index contributed by atoms with van der Waals surface area (Å²) >= 11 is 0. The van der Waals surface area contributed by atoms with E-state index in [2.05, 4.69) is 29.2 Å². The van der Waals surface area contributed by atoms with E-state index in [4.69, 9.17) is 0 Å².